The molecule has 0 aliphatic rings. The summed E-state index contributed by atoms with van der Waals surface area (Å²) in [6.45, 7) is 13.5. The first kappa shape index (κ1) is 21.2. The van der Waals surface area contributed by atoms with E-state index in [2.05, 4.69) is 54.9 Å². The third-order valence-corrected chi connectivity index (χ3v) is 4.51. The van der Waals surface area contributed by atoms with Crippen molar-refractivity contribution in [2.45, 2.75) is 54.0 Å². The number of aromatic nitrogens is 3. The molecule has 1 amide bonds. The first-order chi connectivity index (χ1) is 12.7. The molecule has 0 fully saturated rings. The van der Waals surface area contributed by atoms with Crippen LogP contribution in [-0.2, 0) is 11.3 Å². The summed E-state index contributed by atoms with van der Waals surface area (Å²) in [5.74, 6) is 0.477. The number of carbonyl (C=O) groups is 1. The summed E-state index contributed by atoms with van der Waals surface area (Å²) in [6.07, 6.45) is 3.29. The average molecular weight is 376 g/mol. The van der Waals surface area contributed by atoms with Gasteiger partial charge in [0, 0.05) is 44.4 Å². The van der Waals surface area contributed by atoms with Gasteiger partial charge in [0.2, 0.25) is 5.91 Å². The number of fused-ring (bicyclic) bond motifs is 1. The molecule has 0 bridgehead atoms. The Kier molecular flexibility index (Phi) is 7.18. The van der Waals surface area contributed by atoms with Crippen molar-refractivity contribution in [3.63, 3.8) is 0 Å². The zero-order valence-electron chi connectivity index (χ0n) is 17.2. The standard InChI is InChI=1S/C20H33N5O2/c1-6-24(10-9-21-18(26)11-15(2)13-20(3,4)5)14-16-12-19(27)25-17(23-16)7-8-22-25/h7-8,12,15,22H,6,9-11,13-14H2,1-5H3,(H,21,26). The molecule has 0 aliphatic heterocycles. The zero-order chi connectivity index (χ0) is 20.0. The molecule has 2 aromatic heterocycles. The Morgan fingerprint density at radius 1 is 1.41 bits per heavy atom. The number of aromatic amines is 1. The molecule has 2 N–H and O–H groups in total. The molecule has 7 heteroatoms. The second-order valence-electron chi connectivity index (χ2n) is 8.53. The van der Waals surface area contributed by atoms with Gasteiger partial charge < -0.3 is 5.32 Å². The lowest BCUT2D eigenvalue weighted by atomic mass is 9.84. The molecular weight excluding hydrogens is 342 g/mol. The summed E-state index contributed by atoms with van der Waals surface area (Å²) in [5, 5.41) is 5.85. The predicted molar refractivity (Wildman–Crippen MR) is 108 cm³/mol. The van der Waals surface area contributed by atoms with E-state index in [1.807, 2.05) is 0 Å². The van der Waals surface area contributed by atoms with Crippen LogP contribution in [0.25, 0.3) is 5.65 Å². The molecule has 1 unspecified atom stereocenters. The maximum Gasteiger partial charge on any atom is 0.272 e. The van der Waals surface area contributed by atoms with E-state index in [4.69, 9.17) is 0 Å². The fourth-order valence-electron chi connectivity index (χ4n) is 3.50. The Balaban J connectivity index is 1.81. The van der Waals surface area contributed by atoms with Gasteiger partial charge in [0.15, 0.2) is 5.65 Å². The minimum atomic E-state index is -0.114. The van der Waals surface area contributed by atoms with Crippen molar-refractivity contribution in [1.82, 2.24) is 24.8 Å². The van der Waals surface area contributed by atoms with Gasteiger partial charge in [0.25, 0.3) is 5.56 Å². The first-order valence-corrected chi connectivity index (χ1v) is 9.73. The zero-order valence-corrected chi connectivity index (χ0v) is 17.2. The van der Waals surface area contributed by atoms with Crippen LogP contribution in [0.1, 0.15) is 53.2 Å². The highest BCUT2D eigenvalue weighted by atomic mass is 16.1. The van der Waals surface area contributed by atoms with E-state index in [1.165, 1.54) is 4.52 Å². The quantitative estimate of drug-likeness (QED) is 0.705. The highest BCUT2D eigenvalue weighted by Crippen LogP contribution is 2.25. The van der Waals surface area contributed by atoms with Crippen LogP contribution in [0, 0.1) is 11.3 Å². The summed E-state index contributed by atoms with van der Waals surface area (Å²) >= 11 is 0. The monoisotopic (exact) mass is 375 g/mol. The van der Waals surface area contributed by atoms with Gasteiger partial charge in [-0.05, 0) is 24.3 Å². The fraction of sp³-hybridized carbons (Fsp3) is 0.650. The normalized spacial score (nSPS) is 13.3. The van der Waals surface area contributed by atoms with E-state index in [0.29, 0.717) is 31.1 Å². The molecule has 2 rings (SSSR count). The van der Waals surface area contributed by atoms with Gasteiger partial charge in [0.05, 0.1) is 5.69 Å². The summed E-state index contributed by atoms with van der Waals surface area (Å²) in [5.41, 5.74) is 1.49. The number of nitrogens with one attached hydrogen (secondary N) is 2. The Hall–Kier alpha value is -2.15. The molecule has 2 heterocycles. The van der Waals surface area contributed by atoms with Gasteiger partial charge in [-0.1, -0.05) is 34.6 Å². The number of nitrogens with zero attached hydrogens (tertiary/aromatic N) is 3. The van der Waals surface area contributed by atoms with E-state index in [1.54, 1.807) is 18.3 Å². The third-order valence-electron chi connectivity index (χ3n) is 4.51. The second kappa shape index (κ2) is 9.17. The van der Waals surface area contributed by atoms with E-state index in [9.17, 15) is 9.59 Å². The van der Waals surface area contributed by atoms with Crippen LogP contribution >= 0.6 is 0 Å². The van der Waals surface area contributed by atoms with Crippen molar-refractivity contribution >= 4 is 11.6 Å². The Morgan fingerprint density at radius 2 is 2.15 bits per heavy atom. The number of hydrogen-bond acceptors (Lipinski definition) is 4. The molecule has 0 radical (unpaired) electrons. The Bertz CT molecular complexity index is 803. The highest BCUT2D eigenvalue weighted by Gasteiger charge is 2.17. The number of likely N-dealkylation sites (N-methyl/N-ethyl adjacent to an activating group) is 1. The van der Waals surface area contributed by atoms with Crippen LogP contribution in [0.3, 0.4) is 0 Å². The molecule has 0 aliphatic carbocycles. The van der Waals surface area contributed by atoms with Crippen LogP contribution in [-0.4, -0.2) is 45.0 Å². The van der Waals surface area contributed by atoms with Gasteiger partial charge in [-0.15, -0.1) is 0 Å². The molecule has 150 valence electrons. The van der Waals surface area contributed by atoms with E-state index < -0.39 is 0 Å². The second-order valence-corrected chi connectivity index (χ2v) is 8.53. The molecule has 0 aromatic carbocycles. The molecule has 0 saturated carbocycles. The van der Waals surface area contributed by atoms with Crippen molar-refractivity contribution in [2.24, 2.45) is 11.3 Å². The number of hydrogen-bond donors (Lipinski definition) is 2. The summed E-state index contributed by atoms with van der Waals surface area (Å²) in [4.78, 5) is 30.9. The molecule has 7 nitrogen and oxygen atoms in total. The Morgan fingerprint density at radius 3 is 2.81 bits per heavy atom. The van der Waals surface area contributed by atoms with Gasteiger partial charge in [-0.25, -0.2) is 9.50 Å². The van der Waals surface area contributed by atoms with Crippen molar-refractivity contribution in [3.8, 4) is 0 Å². The topological polar surface area (TPSA) is 82.5 Å². The van der Waals surface area contributed by atoms with E-state index in [-0.39, 0.29) is 16.9 Å². The first-order valence-electron chi connectivity index (χ1n) is 9.73. The summed E-state index contributed by atoms with van der Waals surface area (Å²) in [6, 6.07) is 3.33. The molecular formula is C20H33N5O2. The van der Waals surface area contributed by atoms with Crippen LogP contribution in [0.4, 0.5) is 0 Å². The maximum atomic E-state index is 12.1. The van der Waals surface area contributed by atoms with Crippen molar-refractivity contribution in [1.29, 1.82) is 0 Å². The lowest BCUT2D eigenvalue weighted by Gasteiger charge is -2.23. The molecule has 0 spiro atoms. The molecule has 27 heavy (non-hydrogen) atoms. The minimum absolute atomic E-state index is 0.105. The van der Waals surface area contributed by atoms with Crippen molar-refractivity contribution in [3.05, 3.63) is 34.4 Å². The largest absolute Gasteiger partial charge is 0.355 e. The van der Waals surface area contributed by atoms with Crippen LogP contribution < -0.4 is 10.9 Å². The predicted octanol–water partition coefficient (Wildman–Crippen LogP) is 2.42. The maximum absolute atomic E-state index is 12.1. The van der Waals surface area contributed by atoms with Gasteiger partial charge in [-0.2, -0.15) is 0 Å². The molecule has 1 atom stereocenters. The number of rotatable bonds is 9. The SMILES string of the molecule is CCN(CCNC(=O)CC(C)CC(C)(C)C)Cc1cc(=O)n2[nH]ccc2n1. The Labute approximate surface area is 161 Å². The van der Waals surface area contributed by atoms with Crippen LogP contribution in [0.2, 0.25) is 0 Å². The minimum Gasteiger partial charge on any atom is -0.355 e. The number of amides is 1. The van der Waals surface area contributed by atoms with Crippen molar-refractivity contribution < 1.29 is 4.79 Å². The van der Waals surface area contributed by atoms with E-state index in [0.717, 1.165) is 25.2 Å². The van der Waals surface area contributed by atoms with E-state index >= 15 is 0 Å². The number of H-pyrrole nitrogens is 1. The summed E-state index contributed by atoms with van der Waals surface area (Å²) in [7, 11) is 0. The molecule has 0 saturated heterocycles. The van der Waals surface area contributed by atoms with Crippen LogP contribution in [0.5, 0.6) is 0 Å². The smallest absolute Gasteiger partial charge is 0.272 e. The summed E-state index contributed by atoms with van der Waals surface area (Å²) < 4.78 is 1.42. The highest BCUT2D eigenvalue weighted by molar-refractivity contribution is 5.76. The van der Waals surface area contributed by atoms with Crippen LogP contribution in [0.15, 0.2) is 23.1 Å². The van der Waals surface area contributed by atoms with Crippen molar-refractivity contribution in [2.75, 3.05) is 19.6 Å². The van der Waals surface area contributed by atoms with Gasteiger partial charge in [0.1, 0.15) is 0 Å². The number of carbonyl (C=O) groups excluding carboxylic acids is 1. The van der Waals surface area contributed by atoms with Gasteiger partial charge in [-0.3, -0.25) is 19.6 Å². The average Bonchev–Trinajstić information content (AvgIpc) is 3.00. The lowest BCUT2D eigenvalue weighted by molar-refractivity contribution is -0.122. The molecule has 2 aromatic rings. The lowest BCUT2D eigenvalue weighted by Crippen LogP contribution is -2.35. The van der Waals surface area contributed by atoms with Gasteiger partial charge >= 0.3 is 0 Å². The fourth-order valence-corrected chi connectivity index (χ4v) is 3.50. The third kappa shape index (κ3) is 6.82.